The molecule has 0 aromatic heterocycles. The highest BCUT2D eigenvalue weighted by Gasteiger charge is 2.07. The average molecular weight is 302 g/mol. The third-order valence-corrected chi connectivity index (χ3v) is 3.58. The van der Waals surface area contributed by atoms with Crippen LogP contribution in [0.3, 0.4) is 0 Å². The van der Waals surface area contributed by atoms with Gasteiger partial charge in [0.15, 0.2) is 0 Å². The molecule has 0 atom stereocenters. The normalized spacial score (nSPS) is 11.4. The molecular weight excluding hydrogens is 282 g/mol. The molecule has 0 unspecified atom stereocenters. The molecule has 0 radical (unpaired) electrons. The average Bonchev–Trinajstić information content (AvgIpc) is 2.47. The standard InChI is InChI=1S/C17H20ClN3/c1-12-5-8-15(9-6-12)21(4)20-13(2)16-11-14(18)7-10-17(16)19-3/h5-11,19H,1-4H3/b20-13+. The van der Waals surface area contributed by atoms with Gasteiger partial charge in [0.2, 0.25) is 0 Å². The smallest absolute Gasteiger partial charge is 0.0672 e. The fourth-order valence-electron chi connectivity index (χ4n) is 2.13. The van der Waals surface area contributed by atoms with E-state index >= 15 is 0 Å². The molecule has 0 aliphatic carbocycles. The number of hydrogen-bond acceptors (Lipinski definition) is 3. The Hall–Kier alpha value is -2.00. The van der Waals surface area contributed by atoms with Gasteiger partial charge in [-0.05, 0) is 44.2 Å². The number of hydrogen-bond donors (Lipinski definition) is 1. The van der Waals surface area contributed by atoms with E-state index in [0.717, 1.165) is 22.6 Å². The van der Waals surface area contributed by atoms with Crippen molar-refractivity contribution in [2.24, 2.45) is 5.10 Å². The van der Waals surface area contributed by atoms with Gasteiger partial charge >= 0.3 is 0 Å². The first kappa shape index (κ1) is 15.4. The van der Waals surface area contributed by atoms with E-state index in [2.05, 4.69) is 41.6 Å². The van der Waals surface area contributed by atoms with E-state index in [1.54, 1.807) is 0 Å². The summed E-state index contributed by atoms with van der Waals surface area (Å²) in [7, 11) is 3.83. The maximum absolute atomic E-state index is 6.09. The number of halogens is 1. The molecule has 1 N–H and O–H groups in total. The number of benzene rings is 2. The Labute approximate surface area is 131 Å². The number of nitrogens with one attached hydrogen (secondary N) is 1. The van der Waals surface area contributed by atoms with Crippen molar-refractivity contribution in [1.29, 1.82) is 0 Å². The van der Waals surface area contributed by atoms with Crippen LogP contribution in [0.2, 0.25) is 5.02 Å². The van der Waals surface area contributed by atoms with Gasteiger partial charge in [-0.3, -0.25) is 5.01 Å². The van der Waals surface area contributed by atoms with Gasteiger partial charge in [0.25, 0.3) is 0 Å². The monoisotopic (exact) mass is 301 g/mol. The quantitative estimate of drug-likeness (QED) is 0.662. The Morgan fingerprint density at radius 2 is 1.81 bits per heavy atom. The van der Waals surface area contributed by atoms with Crippen molar-refractivity contribution in [3.05, 3.63) is 58.6 Å². The SMILES string of the molecule is CNc1ccc(Cl)cc1/C(C)=N/N(C)c1ccc(C)cc1. The number of rotatable bonds is 4. The zero-order chi connectivity index (χ0) is 15.4. The highest BCUT2D eigenvalue weighted by Crippen LogP contribution is 2.22. The summed E-state index contributed by atoms with van der Waals surface area (Å²) in [6.45, 7) is 4.06. The van der Waals surface area contributed by atoms with Gasteiger partial charge in [0, 0.05) is 30.4 Å². The number of anilines is 2. The molecule has 4 heteroatoms. The third-order valence-electron chi connectivity index (χ3n) is 3.35. The van der Waals surface area contributed by atoms with E-state index in [1.807, 2.05) is 44.2 Å². The van der Waals surface area contributed by atoms with Crippen LogP contribution in [0.25, 0.3) is 0 Å². The topological polar surface area (TPSA) is 27.6 Å². The maximum atomic E-state index is 6.09. The second kappa shape index (κ2) is 6.64. The van der Waals surface area contributed by atoms with Crippen LogP contribution in [0.5, 0.6) is 0 Å². The lowest BCUT2D eigenvalue weighted by molar-refractivity contribution is 1.01. The Morgan fingerprint density at radius 3 is 2.43 bits per heavy atom. The summed E-state index contributed by atoms with van der Waals surface area (Å²) >= 11 is 6.09. The van der Waals surface area contributed by atoms with E-state index in [4.69, 9.17) is 11.6 Å². The van der Waals surface area contributed by atoms with Crippen molar-refractivity contribution < 1.29 is 0 Å². The summed E-state index contributed by atoms with van der Waals surface area (Å²) in [4.78, 5) is 0. The Morgan fingerprint density at radius 1 is 1.14 bits per heavy atom. The molecule has 3 nitrogen and oxygen atoms in total. The van der Waals surface area contributed by atoms with Gasteiger partial charge in [-0.2, -0.15) is 5.10 Å². The van der Waals surface area contributed by atoms with Gasteiger partial charge in [0.05, 0.1) is 11.4 Å². The number of hydrazone groups is 1. The van der Waals surface area contributed by atoms with Crippen LogP contribution in [0.1, 0.15) is 18.1 Å². The predicted octanol–water partition coefficient (Wildman–Crippen LogP) is 4.55. The van der Waals surface area contributed by atoms with E-state index < -0.39 is 0 Å². The van der Waals surface area contributed by atoms with Crippen LogP contribution < -0.4 is 10.3 Å². The molecular formula is C17H20ClN3. The van der Waals surface area contributed by atoms with Crippen molar-refractivity contribution >= 4 is 28.7 Å². The maximum Gasteiger partial charge on any atom is 0.0672 e. The minimum Gasteiger partial charge on any atom is -0.388 e. The first-order chi connectivity index (χ1) is 10.0. The molecule has 110 valence electrons. The zero-order valence-corrected chi connectivity index (χ0v) is 13.6. The molecule has 2 aromatic carbocycles. The molecule has 0 saturated heterocycles. The van der Waals surface area contributed by atoms with Crippen molar-refractivity contribution in [3.63, 3.8) is 0 Å². The summed E-state index contributed by atoms with van der Waals surface area (Å²) in [5.74, 6) is 0. The van der Waals surface area contributed by atoms with Crippen LogP contribution in [0.15, 0.2) is 47.6 Å². The van der Waals surface area contributed by atoms with Crippen LogP contribution in [0, 0.1) is 6.92 Å². The predicted molar refractivity (Wildman–Crippen MR) is 92.8 cm³/mol. The molecule has 0 fully saturated rings. The molecule has 0 aliphatic heterocycles. The molecule has 0 heterocycles. The fraction of sp³-hybridized carbons (Fsp3) is 0.235. The fourth-order valence-corrected chi connectivity index (χ4v) is 2.30. The molecule has 0 bridgehead atoms. The van der Waals surface area contributed by atoms with E-state index in [9.17, 15) is 0 Å². The minimum atomic E-state index is 0.705. The summed E-state index contributed by atoms with van der Waals surface area (Å²) < 4.78 is 0. The molecule has 2 rings (SSSR count). The van der Waals surface area contributed by atoms with E-state index in [1.165, 1.54) is 5.56 Å². The molecule has 0 amide bonds. The van der Waals surface area contributed by atoms with Crippen LogP contribution in [-0.2, 0) is 0 Å². The van der Waals surface area contributed by atoms with Gasteiger partial charge < -0.3 is 5.32 Å². The first-order valence-electron chi connectivity index (χ1n) is 6.84. The summed E-state index contributed by atoms with van der Waals surface area (Å²) in [6, 6.07) is 14.0. The summed E-state index contributed by atoms with van der Waals surface area (Å²) in [6.07, 6.45) is 0. The molecule has 0 spiro atoms. The summed E-state index contributed by atoms with van der Waals surface area (Å²) in [5.41, 5.74) is 5.21. The molecule has 0 saturated carbocycles. The van der Waals surface area contributed by atoms with Crippen molar-refractivity contribution in [1.82, 2.24) is 0 Å². The lowest BCUT2D eigenvalue weighted by Crippen LogP contribution is -2.13. The van der Waals surface area contributed by atoms with E-state index in [-0.39, 0.29) is 0 Å². The number of aryl methyl sites for hydroxylation is 1. The van der Waals surface area contributed by atoms with Crippen molar-refractivity contribution in [3.8, 4) is 0 Å². The highest BCUT2D eigenvalue weighted by molar-refractivity contribution is 6.31. The van der Waals surface area contributed by atoms with Crippen LogP contribution in [-0.4, -0.2) is 19.8 Å². The number of nitrogens with zero attached hydrogens (tertiary/aromatic N) is 2. The Bertz CT molecular complexity index is 648. The summed E-state index contributed by atoms with van der Waals surface area (Å²) in [5, 5.41) is 10.4. The largest absolute Gasteiger partial charge is 0.388 e. The Kier molecular flexibility index (Phi) is 4.86. The second-order valence-electron chi connectivity index (χ2n) is 4.98. The van der Waals surface area contributed by atoms with Crippen molar-refractivity contribution in [2.75, 3.05) is 24.4 Å². The molecule has 2 aromatic rings. The zero-order valence-electron chi connectivity index (χ0n) is 12.8. The van der Waals surface area contributed by atoms with Gasteiger partial charge in [-0.25, -0.2) is 0 Å². The lowest BCUT2D eigenvalue weighted by Gasteiger charge is -2.16. The minimum absolute atomic E-state index is 0.705. The van der Waals surface area contributed by atoms with E-state index in [0.29, 0.717) is 5.02 Å². The second-order valence-corrected chi connectivity index (χ2v) is 5.42. The van der Waals surface area contributed by atoms with Crippen LogP contribution in [0.4, 0.5) is 11.4 Å². The Balaban J connectivity index is 2.32. The lowest BCUT2D eigenvalue weighted by atomic mass is 10.1. The third kappa shape index (κ3) is 3.76. The highest BCUT2D eigenvalue weighted by atomic mass is 35.5. The molecule has 21 heavy (non-hydrogen) atoms. The van der Waals surface area contributed by atoms with Gasteiger partial charge in [-0.15, -0.1) is 0 Å². The first-order valence-corrected chi connectivity index (χ1v) is 7.22. The van der Waals surface area contributed by atoms with Gasteiger partial charge in [-0.1, -0.05) is 29.3 Å². The van der Waals surface area contributed by atoms with Crippen molar-refractivity contribution in [2.45, 2.75) is 13.8 Å². The van der Waals surface area contributed by atoms with Gasteiger partial charge in [0.1, 0.15) is 0 Å². The molecule has 0 aliphatic rings. The van der Waals surface area contributed by atoms with Crippen LogP contribution >= 0.6 is 11.6 Å².